The van der Waals surface area contributed by atoms with Crippen molar-refractivity contribution < 1.29 is 57.1 Å². The first-order chi connectivity index (χ1) is 22.4. The Balaban J connectivity index is 1.15. The Morgan fingerprint density at radius 3 is 1.35 bits per heavy atom. The maximum absolute atomic E-state index is 12.8. The summed E-state index contributed by atoms with van der Waals surface area (Å²) in [6.45, 7) is 8.36. The second-order valence-electron chi connectivity index (χ2n) is 10.4. The zero-order valence-corrected chi connectivity index (χ0v) is 25.5. The lowest BCUT2D eigenvalue weighted by Crippen LogP contribution is -2.36. The number of hydrogen-bond donors (Lipinski definition) is 0. The molecule has 46 heavy (non-hydrogen) atoms. The van der Waals surface area contributed by atoms with Crippen molar-refractivity contribution in [3.63, 3.8) is 0 Å². The molecule has 2 heterocycles. The van der Waals surface area contributed by atoms with Crippen LogP contribution in [0.4, 0.5) is 0 Å². The first-order valence-electron chi connectivity index (χ1n) is 15.1. The maximum atomic E-state index is 12.8. The van der Waals surface area contributed by atoms with Crippen molar-refractivity contribution in [3.8, 4) is 11.5 Å². The predicted octanol–water partition coefficient (Wildman–Crippen LogP) is 4.01. The van der Waals surface area contributed by atoms with E-state index in [2.05, 4.69) is 13.2 Å². The molecule has 2 aliphatic heterocycles. The lowest BCUT2D eigenvalue weighted by Gasteiger charge is -2.17. The van der Waals surface area contributed by atoms with Gasteiger partial charge in [0, 0.05) is 12.2 Å². The average molecular weight is 639 g/mol. The van der Waals surface area contributed by atoms with Gasteiger partial charge >= 0.3 is 23.9 Å². The number of hydrogen-bond acceptors (Lipinski definition) is 12. The Kier molecular flexibility index (Phi) is 13.2. The van der Waals surface area contributed by atoms with Crippen LogP contribution in [0, 0.1) is 0 Å². The Hall–Kier alpha value is -4.68. The highest BCUT2D eigenvalue weighted by atomic mass is 16.7. The third kappa shape index (κ3) is 10.2. The topological polar surface area (TPSA) is 142 Å². The minimum atomic E-state index is -0.655. The Bertz CT molecular complexity index is 1230. The van der Waals surface area contributed by atoms with Crippen molar-refractivity contribution >= 4 is 23.9 Å². The number of esters is 4. The van der Waals surface area contributed by atoms with Crippen LogP contribution in [0.1, 0.15) is 46.4 Å². The quantitative estimate of drug-likeness (QED) is 0.101. The Labute approximate surface area is 267 Å². The number of fused-ring (bicyclic) bond motifs is 1. The minimum Gasteiger partial charge on any atom is -0.494 e. The van der Waals surface area contributed by atoms with Gasteiger partial charge in [-0.2, -0.15) is 0 Å². The summed E-state index contributed by atoms with van der Waals surface area (Å²) in [6.07, 6.45) is 2.50. The van der Waals surface area contributed by atoms with Crippen LogP contribution in [0.2, 0.25) is 0 Å². The van der Waals surface area contributed by atoms with Gasteiger partial charge in [0.15, 0.2) is 12.2 Å². The summed E-state index contributed by atoms with van der Waals surface area (Å²) in [5, 5.41) is 0. The number of carbonyl (C=O) groups excluding carboxylic acids is 4. The molecule has 0 N–H and O–H groups in total. The lowest BCUT2D eigenvalue weighted by atomic mass is 10.1. The summed E-state index contributed by atoms with van der Waals surface area (Å²) >= 11 is 0. The molecule has 2 aliphatic rings. The second-order valence-corrected chi connectivity index (χ2v) is 10.4. The van der Waals surface area contributed by atoms with Crippen LogP contribution in [0.5, 0.6) is 11.5 Å². The normalized spacial score (nSPS) is 19.7. The van der Waals surface area contributed by atoms with Gasteiger partial charge in [0.05, 0.1) is 50.8 Å². The van der Waals surface area contributed by atoms with Crippen molar-refractivity contribution in [2.45, 2.75) is 50.1 Å². The van der Waals surface area contributed by atoms with Gasteiger partial charge in [0.25, 0.3) is 0 Å². The summed E-state index contributed by atoms with van der Waals surface area (Å²) in [7, 11) is 0. The molecule has 2 aromatic carbocycles. The molecule has 12 nitrogen and oxygen atoms in total. The molecule has 0 spiro atoms. The molecule has 4 unspecified atom stereocenters. The maximum Gasteiger partial charge on any atom is 0.338 e. The smallest absolute Gasteiger partial charge is 0.338 e. The van der Waals surface area contributed by atoms with Gasteiger partial charge in [-0.15, -0.1) is 0 Å². The zero-order valence-electron chi connectivity index (χ0n) is 25.5. The number of carbonyl (C=O) groups is 4. The van der Waals surface area contributed by atoms with E-state index in [4.69, 9.17) is 37.9 Å². The molecule has 12 heteroatoms. The molecule has 0 saturated carbocycles. The highest BCUT2D eigenvalue weighted by Crippen LogP contribution is 2.31. The molecule has 2 fully saturated rings. The van der Waals surface area contributed by atoms with E-state index in [0.717, 1.165) is 12.2 Å². The molecule has 0 amide bonds. The summed E-state index contributed by atoms with van der Waals surface area (Å²) in [6, 6.07) is 13.1. The summed E-state index contributed by atoms with van der Waals surface area (Å²) < 4.78 is 44.1. The first kappa shape index (κ1) is 34.2. The van der Waals surface area contributed by atoms with E-state index in [1.54, 1.807) is 48.5 Å². The van der Waals surface area contributed by atoms with Gasteiger partial charge in [-0.25, -0.2) is 19.2 Å². The van der Waals surface area contributed by atoms with E-state index in [9.17, 15) is 19.2 Å². The van der Waals surface area contributed by atoms with E-state index in [0.29, 0.717) is 74.7 Å². The van der Waals surface area contributed by atoms with Crippen molar-refractivity contribution in [2.24, 2.45) is 0 Å². The predicted molar refractivity (Wildman–Crippen MR) is 163 cm³/mol. The van der Waals surface area contributed by atoms with Gasteiger partial charge in [-0.1, -0.05) is 13.2 Å². The first-order valence-corrected chi connectivity index (χ1v) is 15.1. The summed E-state index contributed by atoms with van der Waals surface area (Å²) in [5.41, 5.74) is 0.684. The molecule has 4 rings (SSSR count). The fourth-order valence-corrected chi connectivity index (χ4v) is 4.67. The van der Waals surface area contributed by atoms with Crippen LogP contribution < -0.4 is 9.47 Å². The van der Waals surface area contributed by atoms with Gasteiger partial charge in [-0.05, 0) is 74.2 Å². The van der Waals surface area contributed by atoms with Crippen LogP contribution in [0.25, 0.3) is 0 Å². The van der Waals surface area contributed by atoms with Crippen LogP contribution >= 0.6 is 0 Å². The molecule has 0 bridgehead atoms. The third-order valence-electron chi connectivity index (χ3n) is 7.10. The molecule has 0 radical (unpaired) electrons. The number of benzene rings is 2. The number of ether oxygens (including phenoxy) is 8. The van der Waals surface area contributed by atoms with E-state index in [1.807, 2.05) is 0 Å². The SMILES string of the molecule is C=CC(=O)OCCCCOc1ccc(C(=O)OC2COC3C(OC(=O)c4ccc(OCCCCOC(=O)C=C)cc4)COC23)cc1. The van der Waals surface area contributed by atoms with Crippen molar-refractivity contribution in [1.82, 2.24) is 0 Å². The van der Waals surface area contributed by atoms with Crippen LogP contribution in [-0.4, -0.2) is 87.9 Å². The van der Waals surface area contributed by atoms with E-state index in [1.165, 1.54) is 0 Å². The second kappa shape index (κ2) is 17.7. The van der Waals surface area contributed by atoms with Gasteiger partial charge in [-0.3, -0.25) is 0 Å². The molecule has 2 saturated heterocycles. The van der Waals surface area contributed by atoms with Crippen molar-refractivity contribution in [1.29, 1.82) is 0 Å². The minimum absolute atomic E-state index is 0.112. The highest BCUT2D eigenvalue weighted by Gasteiger charge is 2.51. The zero-order chi connectivity index (χ0) is 32.7. The fraction of sp³-hybridized carbons (Fsp3) is 0.412. The highest BCUT2D eigenvalue weighted by molar-refractivity contribution is 5.90. The van der Waals surface area contributed by atoms with Gasteiger partial charge < -0.3 is 37.9 Å². The van der Waals surface area contributed by atoms with E-state index < -0.39 is 48.3 Å². The van der Waals surface area contributed by atoms with Crippen LogP contribution in [0.15, 0.2) is 73.8 Å². The standard InChI is InChI=1S/C34H38O12/c1-3-29(35)41-19-7-5-17-39-25-13-9-23(10-14-25)33(37)45-27-21-43-32-28(22-44-31(27)32)46-34(38)24-11-15-26(16-12-24)40-18-6-8-20-42-30(36)4-2/h3-4,9-16,27-28,31-32H,1-2,5-8,17-22H2. The Morgan fingerprint density at radius 1 is 0.609 bits per heavy atom. The molecule has 246 valence electrons. The molecule has 0 aliphatic carbocycles. The largest absolute Gasteiger partial charge is 0.494 e. The summed E-state index contributed by atoms with van der Waals surface area (Å²) in [5.74, 6) is -0.787. The van der Waals surface area contributed by atoms with Gasteiger partial charge in [0.1, 0.15) is 23.7 Å². The summed E-state index contributed by atoms with van der Waals surface area (Å²) in [4.78, 5) is 47.6. The third-order valence-corrected chi connectivity index (χ3v) is 7.10. The molecular formula is C34H38O12. The molecular weight excluding hydrogens is 600 g/mol. The molecule has 0 aromatic heterocycles. The average Bonchev–Trinajstić information content (AvgIpc) is 3.67. The van der Waals surface area contributed by atoms with Crippen LogP contribution in [-0.2, 0) is 38.0 Å². The van der Waals surface area contributed by atoms with Gasteiger partial charge in [0.2, 0.25) is 0 Å². The Morgan fingerprint density at radius 2 is 0.978 bits per heavy atom. The molecule has 2 aromatic rings. The monoisotopic (exact) mass is 638 g/mol. The number of unbranched alkanes of at least 4 members (excludes halogenated alkanes) is 2. The van der Waals surface area contributed by atoms with E-state index in [-0.39, 0.29) is 13.2 Å². The fourth-order valence-electron chi connectivity index (χ4n) is 4.67. The lowest BCUT2D eigenvalue weighted by molar-refractivity contribution is -0.138. The van der Waals surface area contributed by atoms with Crippen molar-refractivity contribution in [3.05, 3.63) is 85.0 Å². The number of rotatable bonds is 18. The molecule has 4 atom stereocenters. The van der Waals surface area contributed by atoms with Crippen LogP contribution in [0.3, 0.4) is 0 Å². The van der Waals surface area contributed by atoms with Crippen molar-refractivity contribution in [2.75, 3.05) is 39.6 Å². The van der Waals surface area contributed by atoms with E-state index >= 15 is 0 Å².